The molecule has 0 aliphatic carbocycles. The van der Waals surface area contributed by atoms with Crippen molar-refractivity contribution in [2.24, 2.45) is 4.76 Å². The minimum atomic E-state index is -2.48. The zero-order valence-electron chi connectivity index (χ0n) is 4.78. The van der Waals surface area contributed by atoms with Crippen molar-refractivity contribution in [3.05, 3.63) is 12.2 Å². The Morgan fingerprint density at radius 3 is 2.44 bits per heavy atom. The highest BCUT2D eigenvalue weighted by Crippen LogP contribution is 2.49. The van der Waals surface area contributed by atoms with Crippen LogP contribution in [0, 0.1) is 0 Å². The molecule has 0 saturated carbocycles. The highest BCUT2D eigenvalue weighted by molar-refractivity contribution is 7.63. The number of rotatable bonds is 1. The van der Waals surface area contributed by atoms with E-state index in [1.807, 2.05) is 0 Å². The maximum atomic E-state index is 11.1. The monoisotopic (exact) mass is 143 g/mol. The van der Waals surface area contributed by atoms with Crippen LogP contribution in [0.3, 0.4) is 0 Å². The Hall–Kier alpha value is -0.650. The number of hydrogen-bond acceptors (Lipinski definition) is 2. The van der Waals surface area contributed by atoms with Gasteiger partial charge in [0.05, 0.1) is 0 Å². The quantitative estimate of drug-likeness (QED) is 0.239. The smallest absolute Gasteiger partial charge is 0.241 e. The first kappa shape index (κ1) is 6.47. The van der Waals surface area contributed by atoms with Crippen molar-refractivity contribution >= 4 is 13.4 Å². The molecule has 1 heterocycles. The van der Waals surface area contributed by atoms with E-state index in [4.69, 9.17) is 0 Å². The van der Waals surface area contributed by atoms with Crippen LogP contribution in [0.5, 0.6) is 0 Å². The second-order valence-electron chi connectivity index (χ2n) is 1.87. The average Bonchev–Trinajstić information content (AvgIpc) is 2.16. The first-order valence-corrected chi connectivity index (χ1v) is 4.62. The lowest BCUT2D eigenvalue weighted by atomic mass is 10.6. The predicted octanol–water partition coefficient (Wildman–Crippen LogP) is 1.17. The standard InChI is InChI=1S/C5H6NO2P/c7-5-6-9(8)3-1-2-4-9/h1-2H,3-4H2. The number of carbonyl (C=O) groups excluding carboxylic acids is 1. The lowest BCUT2D eigenvalue weighted by molar-refractivity contribution is 0.562. The first-order chi connectivity index (χ1) is 4.27. The van der Waals surface area contributed by atoms with E-state index >= 15 is 0 Å². The first-order valence-electron chi connectivity index (χ1n) is 2.59. The fraction of sp³-hybridized carbons (Fsp3) is 0.400. The largest absolute Gasteiger partial charge is 0.297 e. The van der Waals surface area contributed by atoms with Crippen molar-refractivity contribution in [2.45, 2.75) is 0 Å². The summed E-state index contributed by atoms with van der Waals surface area (Å²) in [5, 5.41) is 0. The number of hydrogen-bond donors (Lipinski definition) is 0. The van der Waals surface area contributed by atoms with Crippen LogP contribution in [0.25, 0.3) is 0 Å². The van der Waals surface area contributed by atoms with Gasteiger partial charge in [-0.2, -0.15) is 0 Å². The average molecular weight is 143 g/mol. The molecule has 0 bridgehead atoms. The third-order valence-electron chi connectivity index (χ3n) is 1.17. The minimum absolute atomic E-state index is 0.433. The van der Waals surface area contributed by atoms with Gasteiger partial charge in [0.1, 0.15) is 0 Å². The van der Waals surface area contributed by atoms with Gasteiger partial charge in [-0.15, -0.1) is 4.76 Å². The van der Waals surface area contributed by atoms with Gasteiger partial charge in [-0.1, -0.05) is 12.2 Å². The highest BCUT2D eigenvalue weighted by atomic mass is 31.2. The molecule has 0 amide bonds. The lowest BCUT2D eigenvalue weighted by Gasteiger charge is -1.96. The van der Waals surface area contributed by atoms with Gasteiger partial charge < -0.3 is 0 Å². The van der Waals surface area contributed by atoms with E-state index in [1.165, 1.54) is 6.08 Å². The molecule has 0 saturated heterocycles. The molecule has 1 rings (SSSR count). The van der Waals surface area contributed by atoms with Crippen LogP contribution in [0.15, 0.2) is 16.9 Å². The Morgan fingerprint density at radius 2 is 2.00 bits per heavy atom. The molecule has 0 radical (unpaired) electrons. The van der Waals surface area contributed by atoms with E-state index in [1.54, 1.807) is 12.2 Å². The van der Waals surface area contributed by atoms with Crippen molar-refractivity contribution in [1.29, 1.82) is 0 Å². The number of isocyanates is 1. The van der Waals surface area contributed by atoms with Crippen molar-refractivity contribution in [2.75, 3.05) is 12.3 Å². The summed E-state index contributed by atoms with van der Waals surface area (Å²) in [6.07, 6.45) is 5.75. The minimum Gasteiger partial charge on any atom is -0.297 e. The SMILES string of the molecule is O=C=NP1(=O)CC=CC1. The topological polar surface area (TPSA) is 46.5 Å². The summed E-state index contributed by atoms with van der Waals surface area (Å²) in [7, 11) is -2.48. The lowest BCUT2D eigenvalue weighted by Crippen LogP contribution is -1.77. The van der Waals surface area contributed by atoms with Crippen LogP contribution < -0.4 is 0 Å². The van der Waals surface area contributed by atoms with Crippen LogP contribution in [0.4, 0.5) is 0 Å². The van der Waals surface area contributed by atoms with Gasteiger partial charge in [-0.25, -0.2) is 4.79 Å². The van der Waals surface area contributed by atoms with E-state index < -0.39 is 7.29 Å². The molecule has 1 aliphatic heterocycles. The Bertz CT molecular complexity index is 215. The molecule has 0 unspecified atom stereocenters. The molecule has 1 aliphatic rings. The highest BCUT2D eigenvalue weighted by Gasteiger charge is 2.21. The summed E-state index contributed by atoms with van der Waals surface area (Å²) < 4.78 is 14.4. The molecule has 0 aromatic heterocycles. The van der Waals surface area contributed by atoms with Gasteiger partial charge in [0.2, 0.25) is 13.4 Å². The van der Waals surface area contributed by atoms with Crippen molar-refractivity contribution in [3.63, 3.8) is 0 Å². The molecule has 3 nitrogen and oxygen atoms in total. The zero-order chi connectivity index (χ0) is 6.74. The third-order valence-corrected chi connectivity index (χ3v) is 3.18. The van der Waals surface area contributed by atoms with Gasteiger partial charge in [0.15, 0.2) is 0 Å². The maximum Gasteiger partial charge on any atom is 0.241 e. The normalized spacial score (nSPS) is 21.3. The molecule has 48 valence electrons. The van der Waals surface area contributed by atoms with Crippen molar-refractivity contribution in [1.82, 2.24) is 0 Å². The molecule has 0 aromatic rings. The Kier molecular flexibility index (Phi) is 1.65. The second kappa shape index (κ2) is 2.30. The fourth-order valence-electron chi connectivity index (χ4n) is 0.709. The van der Waals surface area contributed by atoms with E-state index in [-0.39, 0.29) is 0 Å². The molecule has 0 aromatic carbocycles. The molecule has 0 fully saturated rings. The molecule has 0 spiro atoms. The van der Waals surface area contributed by atoms with E-state index in [2.05, 4.69) is 4.76 Å². The summed E-state index contributed by atoms with van der Waals surface area (Å²) in [5.41, 5.74) is 0. The Balaban J connectivity index is 2.78. The van der Waals surface area contributed by atoms with Gasteiger partial charge in [0.25, 0.3) is 0 Å². The van der Waals surface area contributed by atoms with Crippen LogP contribution in [0.2, 0.25) is 0 Å². The molecule has 4 heteroatoms. The van der Waals surface area contributed by atoms with E-state index in [0.717, 1.165) is 0 Å². The van der Waals surface area contributed by atoms with E-state index in [9.17, 15) is 9.36 Å². The summed E-state index contributed by atoms with van der Waals surface area (Å²) in [4.78, 5) is 9.67. The molecule has 0 atom stereocenters. The van der Waals surface area contributed by atoms with Crippen LogP contribution in [0.1, 0.15) is 0 Å². The summed E-state index contributed by atoms with van der Waals surface area (Å²) in [6, 6.07) is 0. The number of nitrogens with zero attached hydrogens (tertiary/aromatic N) is 1. The molecule has 0 N–H and O–H groups in total. The van der Waals surface area contributed by atoms with Crippen LogP contribution in [-0.4, -0.2) is 18.4 Å². The second-order valence-corrected chi connectivity index (χ2v) is 4.50. The summed E-state index contributed by atoms with van der Waals surface area (Å²) in [5.74, 6) is 0. The molecular formula is C5H6NO2P. The summed E-state index contributed by atoms with van der Waals surface area (Å²) in [6.45, 7) is 0. The zero-order valence-corrected chi connectivity index (χ0v) is 5.67. The van der Waals surface area contributed by atoms with Gasteiger partial charge in [-0.05, 0) is 0 Å². The van der Waals surface area contributed by atoms with Gasteiger partial charge in [0, 0.05) is 12.3 Å². The van der Waals surface area contributed by atoms with Crippen molar-refractivity contribution in [3.8, 4) is 0 Å². The Labute approximate surface area is 52.9 Å². The Morgan fingerprint density at radius 1 is 1.44 bits per heavy atom. The fourth-order valence-corrected chi connectivity index (χ4v) is 2.13. The molecular weight excluding hydrogens is 137 g/mol. The maximum absolute atomic E-state index is 11.1. The third kappa shape index (κ3) is 1.38. The predicted molar refractivity (Wildman–Crippen MR) is 34.6 cm³/mol. The summed E-state index contributed by atoms with van der Waals surface area (Å²) >= 11 is 0. The number of allylic oxidation sites excluding steroid dienone is 2. The van der Waals surface area contributed by atoms with Gasteiger partial charge >= 0.3 is 0 Å². The van der Waals surface area contributed by atoms with Crippen LogP contribution >= 0.6 is 7.29 Å². The molecule has 9 heavy (non-hydrogen) atoms. The van der Waals surface area contributed by atoms with Crippen LogP contribution in [-0.2, 0) is 9.36 Å². The van der Waals surface area contributed by atoms with Gasteiger partial charge in [-0.3, -0.25) is 4.57 Å². The van der Waals surface area contributed by atoms with Crippen molar-refractivity contribution < 1.29 is 9.36 Å². The van der Waals surface area contributed by atoms with E-state index in [0.29, 0.717) is 12.3 Å².